The lowest BCUT2D eigenvalue weighted by Gasteiger charge is -2.11. The predicted octanol–water partition coefficient (Wildman–Crippen LogP) is 4.68. The molecule has 3 heteroatoms. The van der Waals surface area contributed by atoms with Crippen molar-refractivity contribution < 1.29 is 0 Å². The molecular weight excluding hydrogens is 298 g/mol. The van der Waals surface area contributed by atoms with Crippen LogP contribution in [0.4, 0.5) is 0 Å². The molecule has 0 saturated heterocycles. The van der Waals surface area contributed by atoms with E-state index in [0.717, 1.165) is 16.5 Å². The molecular formula is C14H13BrClN. The summed E-state index contributed by atoms with van der Waals surface area (Å²) in [6.45, 7) is 2.07. The van der Waals surface area contributed by atoms with Gasteiger partial charge in [-0.1, -0.05) is 28.1 Å². The summed E-state index contributed by atoms with van der Waals surface area (Å²) >= 11 is 9.92. The average Bonchev–Trinajstić information content (AvgIpc) is 2.34. The van der Waals surface area contributed by atoms with Crippen LogP contribution in [0.5, 0.6) is 0 Å². The van der Waals surface area contributed by atoms with Crippen molar-refractivity contribution in [2.75, 3.05) is 0 Å². The van der Waals surface area contributed by atoms with Crippen LogP contribution in [0.3, 0.4) is 0 Å². The summed E-state index contributed by atoms with van der Waals surface area (Å²) in [6, 6.07) is 10.2. The molecule has 0 fully saturated rings. The van der Waals surface area contributed by atoms with E-state index in [1.807, 2.05) is 18.2 Å². The average molecular weight is 311 g/mol. The highest BCUT2D eigenvalue weighted by Gasteiger charge is 2.09. The molecule has 1 aromatic carbocycles. The number of aryl methyl sites for hydroxylation is 1. The van der Waals surface area contributed by atoms with Gasteiger partial charge in [0.2, 0.25) is 0 Å². The second-order valence-electron chi connectivity index (χ2n) is 4.04. The Balaban J connectivity index is 2.14. The zero-order valence-electron chi connectivity index (χ0n) is 9.53. The molecule has 0 aliphatic carbocycles. The maximum atomic E-state index is 6.43. The van der Waals surface area contributed by atoms with Crippen molar-refractivity contribution in [3.63, 3.8) is 0 Å². The molecule has 1 nitrogen and oxygen atoms in total. The largest absolute Gasteiger partial charge is 0.265 e. The van der Waals surface area contributed by atoms with Crippen LogP contribution in [0.15, 0.2) is 47.2 Å². The van der Waals surface area contributed by atoms with E-state index in [9.17, 15) is 0 Å². The summed E-state index contributed by atoms with van der Waals surface area (Å²) < 4.78 is 1.12. The molecule has 1 unspecified atom stereocenters. The Labute approximate surface area is 115 Å². The van der Waals surface area contributed by atoms with Gasteiger partial charge >= 0.3 is 0 Å². The predicted molar refractivity (Wildman–Crippen MR) is 75.4 cm³/mol. The monoisotopic (exact) mass is 309 g/mol. The lowest BCUT2D eigenvalue weighted by molar-refractivity contribution is 0.914. The number of aromatic nitrogens is 1. The summed E-state index contributed by atoms with van der Waals surface area (Å²) in [4.78, 5) is 4.00. The van der Waals surface area contributed by atoms with Crippen LogP contribution in [-0.2, 0) is 6.42 Å². The second-order valence-corrected chi connectivity index (χ2v) is 5.42. The first-order valence-corrected chi connectivity index (χ1v) is 6.69. The zero-order valence-corrected chi connectivity index (χ0v) is 11.9. The molecule has 1 atom stereocenters. The third-order valence-electron chi connectivity index (χ3n) is 2.71. The van der Waals surface area contributed by atoms with Crippen LogP contribution in [0.2, 0.25) is 0 Å². The summed E-state index contributed by atoms with van der Waals surface area (Å²) in [5.74, 6) is 0. The Hall–Kier alpha value is -0.860. The zero-order chi connectivity index (χ0) is 12.3. The Bertz CT molecular complexity index is 499. The van der Waals surface area contributed by atoms with Crippen molar-refractivity contribution in [2.24, 2.45) is 0 Å². The highest BCUT2D eigenvalue weighted by Crippen LogP contribution is 2.28. The maximum absolute atomic E-state index is 6.43. The molecule has 88 valence electrons. The van der Waals surface area contributed by atoms with Crippen LogP contribution in [0, 0.1) is 6.92 Å². The smallest absolute Gasteiger partial charge is 0.0625 e. The molecule has 17 heavy (non-hydrogen) atoms. The number of hydrogen-bond donors (Lipinski definition) is 0. The van der Waals surface area contributed by atoms with E-state index in [2.05, 4.69) is 40.0 Å². The van der Waals surface area contributed by atoms with Gasteiger partial charge in [0.25, 0.3) is 0 Å². The summed E-state index contributed by atoms with van der Waals surface area (Å²) in [5, 5.41) is 0.00389. The fraction of sp³-hybridized carbons (Fsp3) is 0.214. The Morgan fingerprint density at radius 3 is 2.59 bits per heavy atom. The van der Waals surface area contributed by atoms with Gasteiger partial charge < -0.3 is 0 Å². The van der Waals surface area contributed by atoms with Gasteiger partial charge in [-0.2, -0.15) is 0 Å². The van der Waals surface area contributed by atoms with Crippen molar-refractivity contribution >= 4 is 27.5 Å². The minimum Gasteiger partial charge on any atom is -0.265 e. The van der Waals surface area contributed by atoms with Gasteiger partial charge in [0.1, 0.15) is 0 Å². The Morgan fingerprint density at radius 1 is 1.24 bits per heavy atom. The van der Waals surface area contributed by atoms with Crippen molar-refractivity contribution in [3.05, 3.63) is 63.9 Å². The number of nitrogens with zero attached hydrogens (tertiary/aromatic N) is 1. The van der Waals surface area contributed by atoms with E-state index >= 15 is 0 Å². The lowest BCUT2D eigenvalue weighted by Crippen LogP contribution is -1.96. The topological polar surface area (TPSA) is 12.9 Å². The first-order valence-electron chi connectivity index (χ1n) is 5.46. The van der Waals surface area contributed by atoms with Gasteiger partial charge in [-0.05, 0) is 48.2 Å². The second kappa shape index (κ2) is 5.65. The minimum atomic E-state index is 0.00389. The van der Waals surface area contributed by atoms with E-state index in [0.29, 0.717) is 0 Å². The number of rotatable bonds is 3. The van der Waals surface area contributed by atoms with Crippen molar-refractivity contribution in [2.45, 2.75) is 18.7 Å². The van der Waals surface area contributed by atoms with Crippen molar-refractivity contribution in [1.82, 2.24) is 4.98 Å². The van der Waals surface area contributed by atoms with Crippen LogP contribution >= 0.6 is 27.5 Å². The summed E-state index contributed by atoms with van der Waals surface area (Å²) in [5.41, 5.74) is 3.58. The Kier molecular flexibility index (Phi) is 4.19. The lowest BCUT2D eigenvalue weighted by atomic mass is 10.0. The SMILES string of the molecule is Cc1cc(C(Cl)Cc2ccncc2)ccc1Br. The molecule has 0 radical (unpaired) electrons. The van der Waals surface area contributed by atoms with E-state index in [4.69, 9.17) is 11.6 Å². The van der Waals surface area contributed by atoms with Gasteiger partial charge in [-0.25, -0.2) is 0 Å². The maximum Gasteiger partial charge on any atom is 0.0625 e. The summed E-state index contributed by atoms with van der Waals surface area (Å²) in [7, 11) is 0. The van der Waals surface area contributed by atoms with Gasteiger partial charge in [0.15, 0.2) is 0 Å². The molecule has 0 spiro atoms. The van der Waals surface area contributed by atoms with Crippen LogP contribution in [0.1, 0.15) is 22.1 Å². The van der Waals surface area contributed by atoms with E-state index in [1.54, 1.807) is 12.4 Å². The number of pyridine rings is 1. The van der Waals surface area contributed by atoms with Crippen LogP contribution < -0.4 is 0 Å². The number of halogens is 2. The molecule has 1 aromatic heterocycles. The van der Waals surface area contributed by atoms with Gasteiger partial charge in [0, 0.05) is 16.9 Å². The fourth-order valence-corrected chi connectivity index (χ4v) is 2.27. The van der Waals surface area contributed by atoms with Gasteiger partial charge in [0.05, 0.1) is 5.38 Å². The normalized spacial score (nSPS) is 12.4. The third kappa shape index (κ3) is 3.30. The Morgan fingerprint density at radius 2 is 1.94 bits per heavy atom. The molecule has 0 aliphatic heterocycles. The molecule has 2 aromatic rings. The summed E-state index contributed by atoms with van der Waals surface area (Å²) in [6.07, 6.45) is 4.42. The number of benzene rings is 1. The molecule has 0 bridgehead atoms. The molecule has 1 heterocycles. The highest BCUT2D eigenvalue weighted by molar-refractivity contribution is 9.10. The van der Waals surface area contributed by atoms with Crippen LogP contribution in [-0.4, -0.2) is 4.98 Å². The molecule has 0 saturated carbocycles. The first kappa shape index (κ1) is 12.6. The number of alkyl halides is 1. The van der Waals surface area contributed by atoms with E-state index < -0.39 is 0 Å². The quantitative estimate of drug-likeness (QED) is 0.750. The molecule has 0 aliphatic rings. The third-order valence-corrected chi connectivity index (χ3v) is 4.00. The fourth-order valence-electron chi connectivity index (χ4n) is 1.71. The molecule has 0 amide bonds. The van der Waals surface area contributed by atoms with Gasteiger partial charge in [-0.3, -0.25) is 4.98 Å². The number of hydrogen-bond acceptors (Lipinski definition) is 1. The van der Waals surface area contributed by atoms with E-state index in [-0.39, 0.29) is 5.38 Å². The molecule has 0 N–H and O–H groups in total. The highest BCUT2D eigenvalue weighted by atomic mass is 79.9. The van der Waals surface area contributed by atoms with Crippen LogP contribution in [0.25, 0.3) is 0 Å². The van der Waals surface area contributed by atoms with Crippen molar-refractivity contribution in [3.8, 4) is 0 Å². The standard InChI is InChI=1S/C14H13BrClN/c1-10-8-12(2-3-13(10)15)14(16)9-11-4-6-17-7-5-11/h2-8,14H,9H2,1H3. The van der Waals surface area contributed by atoms with E-state index in [1.165, 1.54) is 11.1 Å². The van der Waals surface area contributed by atoms with Gasteiger partial charge in [-0.15, -0.1) is 11.6 Å². The minimum absolute atomic E-state index is 0.00389. The first-order chi connectivity index (χ1) is 8.16. The molecule has 2 rings (SSSR count). The van der Waals surface area contributed by atoms with Crippen molar-refractivity contribution in [1.29, 1.82) is 0 Å².